The van der Waals surface area contributed by atoms with E-state index in [1.54, 1.807) is 7.11 Å². The van der Waals surface area contributed by atoms with Crippen molar-refractivity contribution in [3.8, 4) is 17.6 Å². The number of anilines is 1. The van der Waals surface area contributed by atoms with Gasteiger partial charge in [-0.2, -0.15) is 0 Å². The fourth-order valence-electron chi connectivity index (χ4n) is 2.23. The van der Waals surface area contributed by atoms with Crippen molar-refractivity contribution in [1.82, 2.24) is 4.90 Å². The predicted octanol–water partition coefficient (Wildman–Crippen LogP) is 1.84. The maximum atomic E-state index is 5.41. The van der Waals surface area contributed by atoms with Gasteiger partial charge < -0.3 is 9.64 Å². The van der Waals surface area contributed by atoms with E-state index >= 15 is 0 Å². The van der Waals surface area contributed by atoms with Gasteiger partial charge in [-0.15, -0.1) is 5.92 Å². The Hall–Kier alpha value is -1.66. The smallest absolute Gasteiger partial charge is 0.142 e. The van der Waals surface area contributed by atoms with E-state index in [-0.39, 0.29) is 0 Å². The average molecular weight is 244 g/mol. The molecule has 0 bridgehead atoms. The Morgan fingerprint density at radius 2 is 1.89 bits per heavy atom. The van der Waals surface area contributed by atoms with Gasteiger partial charge in [-0.05, 0) is 19.1 Å². The van der Waals surface area contributed by atoms with E-state index in [0.717, 1.165) is 38.5 Å². The van der Waals surface area contributed by atoms with Gasteiger partial charge in [0.15, 0.2) is 0 Å². The van der Waals surface area contributed by atoms with E-state index in [4.69, 9.17) is 4.74 Å². The molecule has 0 saturated carbocycles. The normalized spacial score (nSPS) is 16.0. The third-order valence-corrected chi connectivity index (χ3v) is 3.28. The molecule has 1 saturated heterocycles. The monoisotopic (exact) mass is 244 g/mol. The highest BCUT2D eigenvalue weighted by Crippen LogP contribution is 2.28. The van der Waals surface area contributed by atoms with Gasteiger partial charge in [0.2, 0.25) is 0 Å². The van der Waals surface area contributed by atoms with Crippen LogP contribution in [0.2, 0.25) is 0 Å². The summed E-state index contributed by atoms with van der Waals surface area (Å²) < 4.78 is 5.41. The maximum absolute atomic E-state index is 5.41. The Morgan fingerprint density at radius 3 is 2.56 bits per heavy atom. The van der Waals surface area contributed by atoms with E-state index in [1.807, 2.05) is 19.1 Å². The van der Waals surface area contributed by atoms with Crippen molar-refractivity contribution in [3.05, 3.63) is 24.3 Å². The highest BCUT2D eigenvalue weighted by Gasteiger charge is 2.18. The van der Waals surface area contributed by atoms with Gasteiger partial charge in [0.1, 0.15) is 5.75 Å². The van der Waals surface area contributed by atoms with Gasteiger partial charge in [-0.3, -0.25) is 4.90 Å². The minimum Gasteiger partial charge on any atom is -0.495 e. The van der Waals surface area contributed by atoms with Crippen molar-refractivity contribution in [2.45, 2.75) is 6.92 Å². The molecule has 18 heavy (non-hydrogen) atoms. The van der Waals surface area contributed by atoms with Crippen molar-refractivity contribution < 1.29 is 4.74 Å². The topological polar surface area (TPSA) is 15.7 Å². The van der Waals surface area contributed by atoms with Crippen LogP contribution in [-0.2, 0) is 0 Å². The minimum atomic E-state index is 0.885. The number of hydrogen-bond acceptors (Lipinski definition) is 3. The summed E-state index contributed by atoms with van der Waals surface area (Å²) in [4.78, 5) is 4.77. The summed E-state index contributed by atoms with van der Waals surface area (Å²) in [5.41, 5.74) is 1.20. The molecule has 3 nitrogen and oxygen atoms in total. The summed E-state index contributed by atoms with van der Waals surface area (Å²) in [6.07, 6.45) is 0. The lowest BCUT2D eigenvalue weighted by Crippen LogP contribution is -2.46. The van der Waals surface area contributed by atoms with E-state index in [2.05, 4.69) is 33.8 Å². The zero-order valence-electron chi connectivity index (χ0n) is 11.1. The van der Waals surface area contributed by atoms with Crippen molar-refractivity contribution in [2.75, 3.05) is 44.7 Å². The Kier molecular flexibility index (Phi) is 4.49. The van der Waals surface area contributed by atoms with Gasteiger partial charge in [0.05, 0.1) is 19.3 Å². The second kappa shape index (κ2) is 6.32. The molecule has 0 N–H and O–H groups in total. The van der Waals surface area contributed by atoms with Crippen LogP contribution in [-0.4, -0.2) is 44.7 Å². The zero-order valence-corrected chi connectivity index (χ0v) is 11.1. The molecule has 0 aliphatic carbocycles. The number of benzene rings is 1. The molecule has 0 amide bonds. The summed E-state index contributed by atoms with van der Waals surface area (Å²) in [5.74, 6) is 7.04. The van der Waals surface area contributed by atoms with Crippen molar-refractivity contribution in [3.63, 3.8) is 0 Å². The number of rotatable bonds is 3. The molecule has 2 rings (SSSR count). The Morgan fingerprint density at radius 1 is 1.17 bits per heavy atom. The van der Waals surface area contributed by atoms with Crippen LogP contribution in [0.5, 0.6) is 5.75 Å². The summed E-state index contributed by atoms with van der Waals surface area (Å²) in [7, 11) is 1.73. The first kappa shape index (κ1) is 12.8. The van der Waals surface area contributed by atoms with Gasteiger partial charge in [-0.25, -0.2) is 0 Å². The van der Waals surface area contributed by atoms with E-state index in [1.165, 1.54) is 5.69 Å². The molecule has 1 aliphatic heterocycles. The van der Waals surface area contributed by atoms with Gasteiger partial charge in [0, 0.05) is 26.2 Å². The summed E-state index contributed by atoms with van der Waals surface area (Å²) in [6.45, 7) is 6.97. The van der Waals surface area contributed by atoms with Crippen LogP contribution in [0.4, 0.5) is 5.69 Å². The van der Waals surface area contributed by atoms with E-state index < -0.39 is 0 Å². The highest BCUT2D eigenvalue weighted by atomic mass is 16.5. The first-order valence-corrected chi connectivity index (χ1v) is 6.35. The molecule has 0 atom stereocenters. The van der Waals surface area contributed by atoms with E-state index in [0.29, 0.717) is 0 Å². The molecule has 1 aromatic carbocycles. The molecule has 96 valence electrons. The second-order valence-corrected chi connectivity index (χ2v) is 4.36. The fraction of sp³-hybridized carbons (Fsp3) is 0.467. The van der Waals surface area contributed by atoms with Crippen LogP contribution >= 0.6 is 0 Å². The number of piperazine rings is 1. The summed E-state index contributed by atoms with van der Waals surface area (Å²) in [6, 6.07) is 8.22. The predicted molar refractivity (Wildman–Crippen MR) is 75.1 cm³/mol. The van der Waals surface area contributed by atoms with Crippen molar-refractivity contribution in [2.24, 2.45) is 0 Å². The summed E-state index contributed by atoms with van der Waals surface area (Å²) in [5, 5.41) is 0. The fourth-order valence-corrected chi connectivity index (χ4v) is 2.23. The number of para-hydroxylation sites is 2. The molecule has 1 heterocycles. The van der Waals surface area contributed by atoms with E-state index in [9.17, 15) is 0 Å². The van der Waals surface area contributed by atoms with Gasteiger partial charge in [0.25, 0.3) is 0 Å². The summed E-state index contributed by atoms with van der Waals surface area (Å²) >= 11 is 0. The zero-order chi connectivity index (χ0) is 12.8. The number of methoxy groups -OCH3 is 1. The van der Waals surface area contributed by atoms with Gasteiger partial charge in [-0.1, -0.05) is 18.1 Å². The molecular weight excluding hydrogens is 224 g/mol. The molecule has 1 aliphatic rings. The molecule has 0 aromatic heterocycles. The first-order valence-electron chi connectivity index (χ1n) is 6.35. The maximum Gasteiger partial charge on any atom is 0.142 e. The largest absolute Gasteiger partial charge is 0.495 e. The van der Waals surface area contributed by atoms with Crippen molar-refractivity contribution in [1.29, 1.82) is 0 Å². The number of nitrogens with zero attached hydrogens (tertiary/aromatic N) is 2. The standard InChI is InChI=1S/C15H20N2O/c1-3-4-9-16-10-12-17(13-11-16)14-7-5-6-8-15(14)18-2/h5-8H,9-13H2,1-2H3. The third kappa shape index (κ3) is 2.96. The molecule has 0 radical (unpaired) electrons. The van der Waals surface area contributed by atoms with Crippen molar-refractivity contribution >= 4 is 5.69 Å². The lowest BCUT2D eigenvalue weighted by Gasteiger charge is -2.35. The first-order chi connectivity index (χ1) is 8.85. The lowest BCUT2D eigenvalue weighted by molar-refractivity contribution is 0.287. The van der Waals surface area contributed by atoms with Crippen LogP contribution < -0.4 is 9.64 Å². The molecule has 1 fully saturated rings. The Bertz CT molecular complexity index is 439. The van der Waals surface area contributed by atoms with Crippen LogP contribution in [0.1, 0.15) is 6.92 Å². The Labute approximate surface area is 109 Å². The highest BCUT2D eigenvalue weighted by molar-refractivity contribution is 5.58. The van der Waals surface area contributed by atoms with Crippen LogP contribution in [0.3, 0.4) is 0 Å². The number of hydrogen-bond donors (Lipinski definition) is 0. The van der Waals surface area contributed by atoms with Crippen LogP contribution in [0, 0.1) is 11.8 Å². The molecule has 0 unspecified atom stereocenters. The lowest BCUT2D eigenvalue weighted by atomic mass is 10.2. The molecule has 0 spiro atoms. The van der Waals surface area contributed by atoms with Crippen LogP contribution in [0.15, 0.2) is 24.3 Å². The average Bonchev–Trinajstić information content (AvgIpc) is 2.45. The molecule has 3 heteroatoms. The quantitative estimate of drug-likeness (QED) is 0.755. The molecular formula is C15H20N2O. The Balaban J connectivity index is 1.98. The van der Waals surface area contributed by atoms with Gasteiger partial charge >= 0.3 is 0 Å². The molecule has 1 aromatic rings. The van der Waals surface area contributed by atoms with Crippen LogP contribution in [0.25, 0.3) is 0 Å². The third-order valence-electron chi connectivity index (χ3n) is 3.28. The minimum absolute atomic E-state index is 0.885. The second-order valence-electron chi connectivity index (χ2n) is 4.36. The SMILES string of the molecule is CC#CCN1CCN(c2ccccc2OC)CC1. The number of ether oxygens (including phenoxy) is 1.